The van der Waals surface area contributed by atoms with E-state index in [1.54, 1.807) is 18.9 Å². The molecule has 0 radical (unpaired) electrons. The number of carbonyl (C=O) groups excluding carboxylic acids is 1. The topological polar surface area (TPSA) is 49.8 Å². The van der Waals surface area contributed by atoms with Gasteiger partial charge in [0.1, 0.15) is 5.75 Å². The minimum atomic E-state index is 0.183. The molecule has 1 aliphatic rings. The maximum atomic E-state index is 12.1. The molecular formula is C15H21NO3S. The van der Waals surface area contributed by atoms with E-state index >= 15 is 0 Å². The number of hydrogen-bond donors (Lipinski definition) is 1. The van der Waals surface area contributed by atoms with Gasteiger partial charge in [0.15, 0.2) is 0 Å². The van der Waals surface area contributed by atoms with E-state index in [-0.39, 0.29) is 12.5 Å². The maximum Gasteiger partial charge on any atom is 0.232 e. The second-order valence-corrected chi connectivity index (χ2v) is 6.02. The average molecular weight is 295 g/mol. The fourth-order valence-corrected chi connectivity index (χ4v) is 3.07. The van der Waals surface area contributed by atoms with Crippen molar-refractivity contribution in [1.82, 2.24) is 4.90 Å². The number of benzene rings is 1. The van der Waals surface area contributed by atoms with E-state index in [0.29, 0.717) is 11.7 Å². The highest BCUT2D eigenvalue weighted by Gasteiger charge is 2.21. The average Bonchev–Trinajstić information content (AvgIpc) is 2.53. The molecule has 1 amide bonds. The zero-order chi connectivity index (χ0) is 14.4. The van der Waals surface area contributed by atoms with Gasteiger partial charge in [-0.05, 0) is 43.0 Å². The number of methoxy groups -OCH3 is 1. The second kappa shape index (κ2) is 7.55. The lowest BCUT2D eigenvalue weighted by Gasteiger charge is -2.31. The Balaban J connectivity index is 1.77. The Labute approximate surface area is 124 Å². The molecule has 0 saturated carbocycles. The fourth-order valence-electron chi connectivity index (χ4n) is 2.27. The van der Waals surface area contributed by atoms with Crippen LogP contribution in [0.2, 0.25) is 0 Å². The standard InChI is InChI=1S/C15H21NO3S/c1-19-13-2-4-14(5-3-13)20-11-15(18)16-8-6-12(10-17)7-9-16/h2-5,12,17H,6-11H2,1H3. The van der Waals surface area contributed by atoms with E-state index in [1.165, 1.54) is 0 Å². The summed E-state index contributed by atoms with van der Waals surface area (Å²) in [5, 5.41) is 9.09. The molecule has 110 valence electrons. The van der Waals surface area contributed by atoms with Crippen LogP contribution >= 0.6 is 11.8 Å². The first kappa shape index (κ1) is 15.2. The van der Waals surface area contributed by atoms with Crippen molar-refractivity contribution < 1.29 is 14.6 Å². The maximum absolute atomic E-state index is 12.1. The SMILES string of the molecule is COc1ccc(SCC(=O)N2CCC(CO)CC2)cc1. The molecule has 4 nitrogen and oxygen atoms in total. The van der Waals surface area contributed by atoms with Gasteiger partial charge >= 0.3 is 0 Å². The zero-order valence-corrected chi connectivity index (χ0v) is 12.6. The summed E-state index contributed by atoms with van der Waals surface area (Å²) in [5.41, 5.74) is 0. The van der Waals surface area contributed by atoms with Gasteiger partial charge < -0.3 is 14.7 Å². The van der Waals surface area contributed by atoms with E-state index in [1.807, 2.05) is 29.2 Å². The van der Waals surface area contributed by atoms with Gasteiger partial charge in [0.25, 0.3) is 0 Å². The quantitative estimate of drug-likeness (QED) is 0.844. The molecule has 2 rings (SSSR count). The molecule has 1 saturated heterocycles. The summed E-state index contributed by atoms with van der Waals surface area (Å²) in [6.07, 6.45) is 1.82. The Kier molecular flexibility index (Phi) is 5.73. The molecule has 5 heteroatoms. The number of thioether (sulfide) groups is 1. The number of nitrogens with zero attached hydrogens (tertiary/aromatic N) is 1. The van der Waals surface area contributed by atoms with Crippen LogP contribution in [0.3, 0.4) is 0 Å². The molecule has 20 heavy (non-hydrogen) atoms. The molecule has 1 fully saturated rings. The van der Waals surface area contributed by atoms with Gasteiger partial charge in [0.2, 0.25) is 5.91 Å². The monoisotopic (exact) mass is 295 g/mol. The largest absolute Gasteiger partial charge is 0.497 e. The summed E-state index contributed by atoms with van der Waals surface area (Å²) in [7, 11) is 1.64. The normalized spacial score (nSPS) is 16.2. The molecule has 0 aromatic heterocycles. The van der Waals surface area contributed by atoms with Gasteiger partial charge in [0.05, 0.1) is 12.9 Å². The summed E-state index contributed by atoms with van der Waals surface area (Å²) < 4.78 is 5.11. The highest BCUT2D eigenvalue weighted by molar-refractivity contribution is 8.00. The first-order valence-electron chi connectivity index (χ1n) is 6.88. The Bertz CT molecular complexity index is 427. The first-order valence-corrected chi connectivity index (χ1v) is 7.87. The molecule has 0 atom stereocenters. The van der Waals surface area contributed by atoms with Crippen LogP contribution < -0.4 is 4.74 Å². The number of rotatable bonds is 5. The molecule has 1 aromatic rings. The predicted molar refractivity (Wildman–Crippen MR) is 80.1 cm³/mol. The zero-order valence-electron chi connectivity index (χ0n) is 11.7. The van der Waals surface area contributed by atoms with Crippen LogP contribution in [-0.4, -0.2) is 48.5 Å². The van der Waals surface area contributed by atoms with Crippen molar-refractivity contribution >= 4 is 17.7 Å². The third kappa shape index (κ3) is 4.15. The molecule has 0 bridgehead atoms. The third-order valence-corrected chi connectivity index (χ3v) is 4.64. The van der Waals surface area contributed by atoms with E-state index in [0.717, 1.165) is 36.6 Å². The summed E-state index contributed by atoms with van der Waals surface area (Å²) in [5.74, 6) is 1.85. The number of aliphatic hydroxyl groups is 1. The van der Waals surface area contributed by atoms with Crippen molar-refractivity contribution in [3.05, 3.63) is 24.3 Å². The van der Waals surface area contributed by atoms with Gasteiger partial charge in [-0.2, -0.15) is 0 Å². The van der Waals surface area contributed by atoms with Gasteiger partial charge in [-0.3, -0.25) is 4.79 Å². The lowest BCUT2D eigenvalue weighted by Crippen LogP contribution is -2.40. The summed E-state index contributed by atoms with van der Waals surface area (Å²) in [6, 6.07) is 7.74. The molecule has 0 unspecified atom stereocenters. The van der Waals surface area contributed by atoms with Crippen LogP contribution in [0.5, 0.6) is 5.75 Å². The Morgan fingerprint density at radius 2 is 2.00 bits per heavy atom. The lowest BCUT2D eigenvalue weighted by molar-refractivity contribution is -0.129. The van der Waals surface area contributed by atoms with Gasteiger partial charge in [0, 0.05) is 24.6 Å². The smallest absolute Gasteiger partial charge is 0.232 e. The van der Waals surface area contributed by atoms with Gasteiger partial charge in [-0.1, -0.05) is 0 Å². The van der Waals surface area contributed by atoms with Crippen molar-refractivity contribution in [3.8, 4) is 5.75 Å². The van der Waals surface area contributed by atoms with E-state index < -0.39 is 0 Å². The van der Waals surface area contributed by atoms with E-state index in [9.17, 15) is 4.79 Å². The van der Waals surface area contributed by atoms with Crippen molar-refractivity contribution in [2.24, 2.45) is 5.92 Å². The predicted octanol–water partition coefficient (Wildman–Crippen LogP) is 2.02. The Hall–Kier alpha value is -1.20. The Morgan fingerprint density at radius 1 is 1.35 bits per heavy atom. The van der Waals surface area contributed by atoms with Crippen LogP contribution in [-0.2, 0) is 4.79 Å². The van der Waals surface area contributed by atoms with Crippen molar-refractivity contribution in [1.29, 1.82) is 0 Å². The number of aliphatic hydroxyl groups excluding tert-OH is 1. The van der Waals surface area contributed by atoms with Gasteiger partial charge in [-0.15, -0.1) is 11.8 Å². The molecule has 1 N–H and O–H groups in total. The minimum Gasteiger partial charge on any atom is -0.497 e. The van der Waals surface area contributed by atoms with Gasteiger partial charge in [-0.25, -0.2) is 0 Å². The van der Waals surface area contributed by atoms with Crippen molar-refractivity contribution in [3.63, 3.8) is 0 Å². The number of amides is 1. The van der Waals surface area contributed by atoms with Crippen LogP contribution in [0.15, 0.2) is 29.2 Å². The number of hydrogen-bond acceptors (Lipinski definition) is 4. The van der Waals surface area contributed by atoms with Crippen LogP contribution in [0, 0.1) is 5.92 Å². The summed E-state index contributed by atoms with van der Waals surface area (Å²) >= 11 is 1.55. The number of ether oxygens (including phenoxy) is 1. The molecule has 1 aliphatic heterocycles. The molecule has 1 aromatic carbocycles. The molecule has 0 spiro atoms. The lowest BCUT2D eigenvalue weighted by atomic mass is 9.98. The van der Waals surface area contributed by atoms with Crippen LogP contribution in [0.4, 0.5) is 0 Å². The highest BCUT2D eigenvalue weighted by atomic mass is 32.2. The third-order valence-electron chi connectivity index (χ3n) is 3.65. The van der Waals surface area contributed by atoms with E-state index in [4.69, 9.17) is 9.84 Å². The first-order chi connectivity index (χ1) is 9.72. The van der Waals surface area contributed by atoms with Crippen LogP contribution in [0.1, 0.15) is 12.8 Å². The van der Waals surface area contributed by atoms with Crippen molar-refractivity contribution in [2.75, 3.05) is 32.6 Å². The molecular weight excluding hydrogens is 274 g/mol. The second-order valence-electron chi connectivity index (χ2n) is 4.97. The molecule has 1 heterocycles. The highest BCUT2D eigenvalue weighted by Crippen LogP contribution is 2.23. The fraction of sp³-hybridized carbons (Fsp3) is 0.533. The number of carbonyl (C=O) groups is 1. The van der Waals surface area contributed by atoms with Crippen LogP contribution in [0.25, 0.3) is 0 Å². The minimum absolute atomic E-state index is 0.183. The van der Waals surface area contributed by atoms with E-state index in [2.05, 4.69) is 0 Å². The summed E-state index contributed by atoms with van der Waals surface area (Å²) in [6.45, 7) is 1.78. The number of piperidine rings is 1. The van der Waals surface area contributed by atoms with Crippen molar-refractivity contribution in [2.45, 2.75) is 17.7 Å². The number of likely N-dealkylation sites (tertiary alicyclic amines) is 1. The summed E-state index contributed by atoms with van der Waals surface area (Å²) in [4.78, 5) is 15.1. The molecule has 0 aliphatic carbocycles. The Morgan fingerprint density at radius 3 is 2.55 bits per heavy atom.